The van der Waals surface area contributed by atoms with Crippen molar-refractivity contribution in [2.24, 2.45) is 0 Å². The van der Waals surface area contributed by atoms with Crippen LogP contribution in [0.1, 0.15) is 32.9 Å². The third-order valence-electron chi connectivity index (χ3n) is 3.12. The van der Waals surface area contributed by atoms with Gasteiger partial charge >= 0.3 is 0 Å². The van der Waals surface area contributed by atoms with Crippen LogP contribution < -0.4 is 15.4 Å². The maximum Gasteiger partial charge on any atom is 0.286 e. The lowest BCUT2D eigenvalue weighted by Crippen LogP contribution is -2.25. The summed E-state index contributed by atoms with van der Waals surface area (Å²) in [7, 11) is 1.57. The standard InChI is InChI=1S/C16H20N4O4S/c1-3-24-10-4-9-17-13(21)15-19-20-16(25-15)14(22)18-11-5-7-12(23-2)8-6-11/h5-8H,3-4,9-10H2,1-2H3,(H,17,21)(H,18,22). The van der Waals surface area contributed by atoms with E-state index in [0.717, 1.165) is 11.3 Å². The number of nitrogens with one attached hydrogen (secondary N) is 2. The van der Waals surface area contributed by atoms with Gasteiger partial charge in [-0.05, 0) is 37.6 Å². The summed E-state index contributed by atoms with van der Waals surface area (Å²) in [4.78, 5) is 24.1. The number of carbonyl (C=O) groups excluding carboxylic acids is 2. The molecular formula is C16H20N4O4S. The number of benzene rings is 1. The van der Waals surface area contributed by atoms with Crippen molar-refractivity contribution in [2.45, 2.75) is 13.3 Å². The van der Waals surface area contributed by atoms with Crippen molar-refractivity contribution in [2.75, 3.05) is 32.2 Å². The second kappa shape index (κ2) is 9.70. The van der Waals surface area contributed by atoms with Gasteiger partial charge in [-0.1, -0.05) is 11.3 Å². The number of carbonyl (C=O) groups is 2. The number of ether oxygens (including phenoxy) is 2. The molecule has 0 aliphatic rings. The quantitative estimate of drug-likeness (QED) is 0.660. The number of methoxy groups -OCH3 is 1. The molecule has 0 bridgehead atoms. The Balaban J connectivity index is 1.86. The Kier molecular flexibility index (Phi) is 7.30. The van der Waals surface area contributed by atoms with E-state index in [1.807, 2.05) is 6.92 Å². The average molecular weight is 364 g/mol. The summed E-state index contributed by atoms with van der Waals surface area (Å²) in [6.07, 6.45) is 0.712. The van der Waals surface area contributed by atoms with E-state index in [2.05, 4.69) is 20.8 Å². The lowest BCUT2D eigenvalue weighted by molar-refractivity contribution is 0.0942. The van der Waals surface area contributed by atoms with E-state index in [1.165, 1.54) is 0 Å². The van der Waals surface area contributed by atoms with Crippen LogP contribution in [0.5, 0.6) is 5.75 Å². The zero-order valence-corrected chi connectivity index (χ0v) is 14.9. The lowest BCUT2D eigenvalue weighted by Gasteiger charge is -2.04. The summed E-state index contributed by atoms with van der Waals surface area (Å²) in [6, 6.07) is 6.89. The minimum Gasteiger partial charge on any atom is -0.497 e. The third-order valence-corrected chi connectivity index (χ3v) is 4.04. The number of rotatable bonds is 9. The van der Waals surface area contributed by atoms with Crippen LogP contribution in [-0.2, 0) is 4.74 Å². The van der Waals surface area contributed by atoms with Gasteiger partial charge < -0.3 is 20.1 Å². The minimum absolute atomic E-state index is 0.121. The number of hydrogen-bond acceptors (Lipinski definition) is 7. The first-order valence-electron chi connectivity index (χ1n) is 7.79. The molecule has 9 heteroatoms. The Bertz CT molecular complexity index is 702. The first-order chi connectivity index (χ1) is 12.1. The van der Waals surface area contributed by atoms with Crippen molar-refractivity contribution in [1.82, 2.24) is 15.5 Å². The zero-order chi connectivity index (χ0) is 18.1. The number of anilines is 1. The second-order valence-corrected chi connectivity index (χ2v) is 5.88. The van der Waals surface area contributed by atoms with E-state index in [-0.39, 0.29) is 15.9 Å². The lowest BCUT2D eigenvalue weighted by atomic mass is 10.3. The molecule has 0 atom stereocenters. The van der Waals surface area contributed by atoms with Gasteiger partial charge in [-0.25, -0.2) is 0 Å². The van der Waals surface area contributed by atoms with Crippen LogP contribution in [0.25, 0.3) is 0 Å². The molecule has 2 amide bonds. The van der Waals surface area contributed by atoms with Crippen LogP contribution in [0, 0.1) is 0 Å². The first-order valence-corrected chi connectivity index (χ1v) is 8.60. The molecule has 0 unspecified atom stereocenters. The molecule has 0 aliphatic heterocycles. The maximum absolute atomic E-state index is 12.2. The number of aromatic nitrogens is 2. The van der Waals surface area contributed by atoms with Crippen LogP contribution in [0.4, 0.5) is 5.69 Å². The van der Waals surface area contributed by atoms with E-state index in [9.17, 15) is 9.59 Å². The van der Waals surface area contributed by atoms with Crippen LogP contribution in [0.2, 0.25) is 0 Å². The maximum atomic E-state index is 12.2. The van der Waals surface area contributed by atoms with Crippen molar-refractivity contribution >= 4 is 28.8 Å². The van der Waals surface area contributed by atoms with E-state index >= 15 is 0 Å². The molecule has 2 N–H and O–H groups in total. The molecule has 0 saturated heterocycles. The Labute approximate surface area is 149 Å². The van der Waals surface area contributed by atoms with Gasteiger partial charge in [0, 0.05) is 25.4 Å². The monoisotopic (exact) mass is 364 g/mol. The van der Waals surface area contributed by atoms with Gasteiger partial charge in [0.05, 0.1) is 7.11 Å². The topological polar surface area (TPSA) is 102 Å². The Morgan fingerprint density at radius 3 is 2.44 bits per heavy atom. The molecule has 0 radical (unpaired) electrons. The van der Waals surface area contributed by atoms with Crippen LogP contribution in [0.3, 0.4) is 0 Å². The fourth-order valence-electron chi connectivity index (χ4n) is 1.86. The smallest absolute Gasteiger partial charge is 0.286 e. The summed E-state index contributed by atoms with van der Waals surface area (Å²) in [5.41, 5.74) is 0.600. The normalized spacial score (nSPS) is 10.3. The summed E-state index contributed by atoms with van der Waals surface area (Å²) in [5, 5.41) is 13.2. The van der Waals surface area contributed by atoms with Gasteiger partial charge in [-0.15, -0.1) is 10.2 Å². The Morgan fingerprint density at radius 2 is 1.80 bits per heavy atom. The highest BCUT2D eigenvalue weighted by Crippen LogP contribution is 2.17. The molecule has 2 aromatic rings. The molecule has 2 rings (SSSR count). The van der Waals surface area contributed by atoms with E-state index in [4.69, 9.17) is 9.47 Å². The molecule has 134 valence electrons. The molecule has 0 fully saturated rings. The molecule has 8 nitrogen and oxygen atoms in total. The summed E-state index contributed by atoms with van der Waals surface area (Å²) in [6.45, 7) is 3.63. The summed E-state index contributed by atoms with van der Waals surface area (Å²) < 4.78 is 10.2. The second-order valence-electron chi connectivity index (χ2n) is 4.90. The van der Waals surface area contributed by atoms with Crippen molar-refractivity contribution in [3.63, 3.8) is 0 Å². The molecule has 1 aromatic heterocycles. The van der Waals surface area contributed by atoms with Crippen molar-refractivity contribution in [1.29, 1.82) is 0 Å². The Hall–Kier alpha value is -2.52. The van der Waals surface area contributed by atoms with Crippen LogP contribution >= 0.6 is 11.3 Å². The molecule has 1 aromatic carbocycles. The zero-order valence-electron chi connectivity index (χ0n) is 14.1. The van der Waals surface area contributed by atoms with E-state index < -0.39 is 5.91 Å². The van der Waals surface area contributed by atoms with Gasteiger partial charge in [0.15, 0.2) is 0 Å². The predicted molar refractivity (Wildman–Crippen MR) is 94.3 cm³/mol. The SMILES string of the molecule is CCOCCCNC(=O)c1nnc(C(=O)Nc2ccc(OC)cc2)s1. The Morgan fingerprint density at radius 1 is 1.12 bits per heavy atom. The number of hydrogen-bond donors (Lipinski definition) is 2. The average Bonchev–Trinajstić information content (AvgIpc) is 3.12. The summed E-state index contributed by atoms with van der Waals surface area (Å²) >= 11 is 0.942. The van der Waals surface area contributed by atoms with Gasteiger partial charge in [0.2, 0.25) is 10.0 Å². The predicted octanol–water partition coefficient (Wildman–Crippen LogP) is 1.96. The minimum atomic E-state index is -0.418. The highest BCUT2D eigenvalue weighted by molar-refractivity contribution is 7.15. The van der Waals surface area contributed by atoms with Gasteiger partial charge in [0.25, 0.3) is 11.8 Å². The number of nitrogens with zero attached hydrogens (tertiary/aromatic N) is 2. The van der Waals surface area contributed by atoms with Gasteiger partial charge in [-0.2, -0.15) is 0 Å². The molecule has 0 saturated carbocycles. The summed E-state index contributed by atoms with van der Waals surface area (Å²) in [5.74, 6) is -0.0761. The molecule has 0 aliphatic carbocycles. The number of amides is 2. The van der Waals surface area contributed by atoms with E-state index in [1.54, 1.807) is 31.4 Å². The highest BCUT2D eigenvalue weighted by atomic mass is 32.1. The fraction of sp³-hybridized carbons (Fsp3) is 0.375. The molecule has 0 spiro atoms. The van der Waals surface area contributed by atoms with E-state index in [0.29, 0.717) is 37.6 Å². The van der Waals surface area contributed by atoms with Crippen LogP contribution in [0.15, 0.2) is 24.3 Å². The highest BCUT2D eigenvalue weighted by Gasteiger charge is 2.17. The largest absolute Gasteiger partial charge is 0.497 e. The van der Waals surface area contributed by atoms with Crippen molar-refractivity contribution < 1.29 is 19.1 Å². The van der Waals surface area contributed by atoms with Crippen molar-refractivity contribution in [3.05, 3.63) is 34.3 Å². The molecule has 1 heterocycles. The van der Waals surface area contributed by atoms with Crippen LogP contribution in [-0.4, -0.2) is 48.9 Å². The molecule has 25 heavy (non-hydrogen) atoms. The first kappa shape index (κ1) is 18.8. The van der Waals surface area contributed by atoms with Gasteiger partial charge in [-0.3, -0.25) is 9.59 Å². The molecular weight excluding hydrogens is 344 g/mol. The third kappa shape index (κ3) is 5.80. The van der Waals surface area contributed by atoms with Crippen molar-refractivity contribution in [3.8, 4) is 5.75 Å². The van der Waals surface area contributed by atoms with Gasteiger partial charge in [0.1, 0.15) is 5.75 Å². The fourth-order valence-corrected chi connectivity index (χ4v) is 2.52.